The molecule has 0 aromatic heterocycles. The van der Waals surface area contributed by atoms with Crippen molar-refractivity contribution >= 4 is 11.9 Å². The zero-order valence-electron chi connectivity index (χ0n) is 17.9. The highest BCUT2D eigenvalue weighted by Gasteiger charge is 2.12. The van der Waals surface area contributed by atoms with E-state index < -0.39 is 17.8 Å². The van der Waals surface area contributed by atoms with E-state index in [2.05, 4.69) is 6.58 Å². The predicted octanol–water partition coefficient (Wildman–Crippen LogP) is 5.67. The van der Waals surface area contributed by atoms with E-state index in [1.54, 1.807) is 30.3 Å². The molecule has 2 rings (SSSR count). The first kappa shape index (κ1) is 24.1. The second-order valence-corrected chi connectivity index (χ2v) is 7.06. The van der Waals surface area contributed by atoms with Crippen molar-refractivity contribution in [2.24, 2.45) is 0 Å². The number of halogens is 1. The van der Waals surface area contributed by atoms with Gasteiger partial charge in [0.2, 0.25) is 0 Å². The van der Waals surface area contributed by atoms with Crippen LogP contribution in [-0.4, -0.2) is 25.2 Å². The van der Waals surface area contributed by atoms with Gasteiger partial charge in [-0.3, -0.25) is 0 Å². The molecule has 0 fully saturated rings. The number of hydrogen-bond acceptors (Lipinski definition) is 5. The van der Waals surface area contributed by atoms with Crippen LogP contribution in [0.4, 0.5) is 4.39 Å². The number of esters is 2. The van der Waals surface area contributed by atoms with E-state index in [1.807, 2.05) is 6.92 Å². The highest BCUT2D eigenvalue weighted by molar-refractivity contribution is 5.91. The van der Waals surface area contributed by atoms with Gasteiger partial charge < -0.3 is 14.2 Å². The average Bonchev–Trinajstić information content (AvgIpc) is 2.77. The summed E-state index contributed by atoms with van der Waals surface area (Å²) in [7, 11) is 0. The Morgan fingerprint density at radius 1 is 1.00 bits per heavy atom. The van der Waals surface area contributed by atoms with Gasteiger partial charge in [0.25, 0.3) is 0 Å². The molecule has 2 aromatic rings. The van der Waals surface area contributed by atoms with Gasteiger partial charge >= 0.3 is 11.9 Å². The van der Waals surface area contributed by atoms with Crippen LogP contribution in [0.25, 0.3) is 0 Å². The minimum atomic E-state index is -0.620. The summed E-state index contributed by atoms with van der Waals surface area (Å²) in [5, 5.41) is 0. The molecule has 166 valence electrons. The molecule has 0 aliphatic rings. The fraction of sp³-hybridized carbons (Fsp3) is 0.360. The molecule has 0 aliphatic carbocycles. The van der Waals surface area contributed by atoms with Crippen LogP contribution in [0.3, 0.4) is 0 Å². The Bertz CT molecular complexity index is 861. The molecule has 0 radical (unpaired) electrons. The van der Waals surface area contributed by atoms with Gasteiger partial charge in [-0.05, 0) is 74.1 Å². The van der Waals surface area contributed by atoms with E-state index >= 15 is 0 Å². The lowest BCUT2D eigenvalue weighted by Crippen LogP contribution is -2.09. The SMILES string of the molecule is C=CC(=O)OCCCCCCOc1ccc(C(=O)Oc2ccc(CCC)cc2F)cc1. The van der Waals surface area contributed by atoms with Gasteiger partial charge in [-0.1, -0.05) is 26.0 Å². The molecule has 0 N–H and O–H groups in total. The molecule has 5 nitrogen and oxygen atoms in total. The lowest BCUT2D eigenvalue weighted by molar-refractivity contribution is -0.137. The summed E-state index contributed by atoms with van der Waals surface area (Å²) in [5.41, 5.74) is 1.19. The third-order valence-electron chi connectivity index (χ3n) is 4.55. The van der Waals surface area contributed by atoms with Crippen molar-refractivity contribution in [3.8, 4) is 11.5 Å². The molecule has 0 spiro atoms. The van der Waals surface area contributed by atoms with Gasteiger partial charge in [0.1, 0.15) is 5.75 Å². The van der Waals surface area contributed by atoms with Crippen LogP contribution >= 0.6 is 0 Å². The van der Waals surface area contributed by atoms with E-state index in [1.165, 1.54) is 12.1 Å². The van der Waals surface area contributed by atoms with Crippen molar-refractivity contribution in [1.29, 1.82) is 0 Å². The van der Waals surface area contributed by atoms with Crippen LogP contribution in [-0.2, 0) is 16.0 Å². The minimum absolute atomic E-state index is 0.0792. The number of carbonyl (C=O) groups is 2. The van der Waals surface area contributed by atoms with Crippen molar-refractivity contribution in [3.63, 3.8) is 0 Å². The number of benzene rings is 2. The molecule has 0 saturated carbocycles. The Morgan fingerprint density at radius 2 is 1.71 bits per heavy atom. The summed E-state index contributed by atoms with van der Waals surface area (Å²) in [6, 6.07) is 11.2. The summed E-state index contributed by atoms with van der Waals surface area (Å²) >= 11 is 0. The van der Waals surface area contributed by atoms with Gasteiger partial charge in [0.05, 0.1) is 18.8 Å². The lowest BCUT2D eigenvalue weighted by Gasteiger charge is -2.09. The second-order valence-electron chi connectivity index (χ2n) is 7.06. The predicted molar refractivity (Wildman–Crippen MR) is 117 cm³/mol. The fourth-order valence-electron chi connectivity index (χ4n) is 2.90. The number of unbranched alkanes of at least 4 members (excludes halogenated alkanes) is 3. The Kier molecular flexibility index (Phi) is 10.3. The average molecular weight is 429 g/mol. The second kappa shape index (κ2) is 13.2. The molecule has 0 aliphatic heterocycles. The number of ether oxygens (including phenoxy) is 3. The van der Waals surface area contributed by atoms with E-state index in [0.29, 0.717) is 24.5 Å². The third kappa shape index (κ3) is 8.62. The van der Waals surface area contributed by atoms with Crippen LogP contribution in [0.1, 0.15) is 54.9 Å². The maximum absolute atomic E-state index is 14.1. The summed E-state index contributed by atoms with van der Waals surface area (Å²) in [6.45, 7) is 6.31. The van der Waals surface area contributed by atoms with E-state index in [4.69, 9.17) is 14.2 Å². The molecule has 6 heteroatoms. The molecular formula is C25H29FO5. The third-order valence-corrected chi connectivity index (χ3v) is 4.55. The van der Waals surface area contributed by atoms with Crippen LogP contribution in [0.15, 0.2) is 55.1 Å². The van der Waals surface area contributed by atoms with Crippen molar-refractivity contribution in [3.05, 3.63) is 72.1 Å². The zero-order chi connectivity index (χ0) is 22.5. The normalized spacial score (nSPS) is 10.4. The molecule has 0 amide bonds. The Hall–Kier alpha value is -3.15. The molecule has 31 heavy (non-hydrogen) atoms. The Morgan fingerprint density at radius 3 is 2.35 bits per heavy atom. The number of hydrogen-bond donors (Lipinski definition) is 0. The monoisotopic (exact) mass is 428 g/mol. The van der Waals surface area contributed by atoms with Crippen molar-refractivity contribution < 1.29 is 28.2 Å². The molecular weight excluding hydrogens is 399 g/mol. The first-order valence-electron chi connectivity index (χ1n) is 10.6. The van der Waals surface area contributed by atoms with Crippen molar-refractivity contribution in [2.75, 3.05) is 13.2 Å². The summed E-state index contributed by atoms with van der Waals surface area (Å²) in [4.78, 5) is 23.2. The Balaban J connectivity index is 1.71. The molecule has 0 heterocycles. The maximum atomic E-state index is 14.1. The van der Waals surface area contributed by atoms with Crippen molar-refractivity contribution in [2.45, 2.75) is 45.4 Å². The van der Waals surface area contributed by atoms with Crippen molar-refractivity contribution in [1.82, 2.24) is 0 Å². The highest BCUT2D eigenvalue weighted by atomic mass is 19.1. The fourth-order valence-corrected chi connectivity index (χ4v) is 2.90. The van der Waals surface area contributed by atoms with Gasteiger partial charge in [0, 0.05) is 6.08 Å². The smallest absolute Gasteiger partial charge is 0.343 e. The Labute approximate surface area is 182 Å². The maximum Gasteiger partial charge on any atom is 0.343 e. The van der Waals surface area contributed by atoms with Crippen LogP contribution in [0, 0.1) is 5.82 Å². The summed E-state index contributed by atoms with van der Waals surface area (Å²) < 4.78 is 29.9. The summed E-state index contributed by atoms with van der Waals surface area (Å²) in [5.74, 6) is -0.995. The molecule has 0 saturated heterocycles. The largest absolute Gasteiger partial charge is 0.494 e. The van der Waals surface area contributed by atoms with Crippen LogP contribution in [0.2, 0.25) is 0 Å². The molecule has 2 aromatic carbocycles. The lowest BCUT2D eigenvalue weighted by atomic mass is 10.1. The number of aryl methyl sites for hydroxylation is 1. The zero-order valence-corrected chi connectivity index (χ0v) is 17.9. The first-order valence-corrected chi connectivity index (χ1v) is 10.6. The van der Waals surface area contributed by atoms with E-state index in [-0.39, 0.29) is 5.75 Å². The topological polar surface area (TPSA) is 61.8 Å². The van der Waals surface area contributed by atoms with E-state index in [0.717, 1.165) is 50.2 Å². The standard InChI is InChI=1S/C25H29FO5/c1-3-9-19-10-15-23(22(26)18-19)31-25(28)20-11-13-21(14-12-20)29-16-7-5-6-8-17-30-24(27)4-2/h4,10-15,18H,2-3,5-9,16-17H2,1H3. The van der Waals surface area contributed by atoms with Gasteiger partial charge in [-0.2, -0.15) is 0 Å². The summed E-state index contributed by atoms with van der Waals surface area (Å²) in [6.07, 6.45) is 6.41. The minimum Gasteiger partial charge on any atom is -0.494 e. The molecule has 0 unspecified atom stereocenters. The molecule has 0 atom stereocenters. The number of carbonyl (C=O) groups excluding carboxylic acids is 2. The van der Waals surface area contributed by atoms with Gasteiger partial charge in [-0.25, -0.2) is 14.0 Å². The van der Waals surface area contributed by atoms with Crippen LogP contribution < -0.4 is 9.47 Å². The quantitative estimate of drug-likeness (QED) is 0.178. The number of rotatable bonds is 13. The van der Waals surface area contributed by atoms with Crippen LogP contribution in [0.5, 0.6) is 11.5 Å². The van der Waals surface area contributed by atoms with E-state index in [9.17, 15) is 14.0 Å². The molecule has 0 bridgehead atoms. The highest BCUT2D eigenvalue weighted by Crippen LogP contribution is 2.21. The van der Waals surface area contributed by atoms with Gasteiger partial charge in [-0.15, -0.1) is 0 Å². The first-order chi connectivity index (χ1) is 15.0. The van der Waals surface area contributed by atoms with Gasteiger partial charge in [0.15, 0.2) is 11.6 Å².